The van der Waals surface area contributed by atoms with Gasteiger partial charge in [-0.3, -0.25) is 4.79 Å². The second kappa shape index (κ2) is 4.25. The van der Waals surface area contributed by atoms with Crippen LogP contribution in [0.25, 0.3) is 0 Å². The van der Waals surface area contributed by atoms with Crippen LogP contribution in [0.5, 0.6) is 0 Å². The number of nitrogens with one attached hydrogen (secondary N) is 1. The maximum atomic E-state index is 13.0. The maximum absolute atomic E-state index is 13.0. The van der Waals surface area contributed by atoms with Gasteiger partial charge < -0.3 is 15.6 Å². The van der Waals surface area contributed by atoms with E-state index in [1.54, 1.807) is 13.0 Å². The van der Waals surface area contributed by atoms with E-state index in [0.29, 0.717) is 5.76 Å². The molecule has 1 aromatic heterocycles. The SMILES string of the molecule is Cc1cc(NC(=O)c2cc(F)ccc2N)no1. The zero-order valence-electron chi connectivity index (χ0n) is 9.03. The van der Waals surface area contributed by atoms with Gasteiger partial charge in [0.1, 0.15) is 11.6 Å². The van der Waals surface area contributed by atoms with E-state index in [0.717, 1.165) is 6.07 Å². The summed E-state index contributed by atoms with van der Waals surface area (Å²) in [6, 6.07) is 5.13. The monoisotopic (exact) mass is 235 g/mol. The number of halogens is 1. The Morgan fingerprint density at radius 1 is 1.47 bits per heavy atom. The minimum atomic E-state index is -0.532. The fourth-order valence-electron chi connectivity index (χ4n) is 1.33. The minimum absolute atomic E-state index is 0.0608. The number of hydrogen-bond acceptors (Lipinski definition) is 4. The second-order valence-corrected chi connectivity index (χ2v) is 3.51. The lowest BCUT2D eigenvalue weighted by molar-refractivity contribution is 0.102. The molecule has 3 N–H and O–H groups in total. The summed E-state index contributed by atoms with van der Waals surface area (Å²) in [4.78, 5) is 11.8. The summed E-state index contributed by atoms with van der Waals surface area (Å²) in [6.45, 7) is 1.69. The van der Waals surface area contributed by atoms with E-state index in [-0.39, 0.29) is 17.1 Å². The Morgan fingerprint density at radius 3 is 2.88 bits per heavy atom. The lowest BCUT2D eigenvalue weighted by Crippen LogP contribution is -2.14. The van der Waals surface area contributed by atoms with Crippen molar-refractivity contribution < 1.29 is 13.7 Å². The molecule has 1 aromatic carbocycles. The number of nitrogens with two attached hydrogens (primary N) is 1. The van der Waals surface area contributed by atoms with Crippen molar-refractivity contribution in [2.24, 2.45) is 0 Å². The van der Waals surface area contributed by atoms with Gasteiger partial charge in [-0.15, -0.1) is 0 Å². The number of carbonyl (C=O) groups is 1. The standard InChI is InChI=1S/C11H10FN3O2/c1-6-4-10(15-17-6)14-11(16)8-5-7(12)2-3-9(8)13/h2-5H,13H2,1H3,(H,14,15,16). The first-order chi connectivity index (χ1) is 8.06. The summed E-state index contributed by atoms with van der Waals surface area (Å²) in [6.07, 6.45) is 0. The summed E-state index contributed by atoms with van der Waals surface area (Å²) in [5.41, 5.74) is 5.84. The Hall–Kier alpha value is -2.37. The molecule has 0 saturated heterocycles. The fourth-order valence-corrected chi connectivity index (χ4v) is 1.33. The van der Waals surface area contributed by atoms with Crippen molar-refractivity contribution in [2.75, 3.05) is 11.1 Å². The van der Waals surface area contributed by atoms with Crippen molar-refractivity contribution in [1.82, 2.24) is 5.16 Å². The molecule has 0 bridgehead atoms. The minimum Gasteiger partial charge on any atom is -0.398 e. The van der Waals surface area contributed by atoms with Gasteiger partial charge in [0, 0.05) is 11.8 Å². The highest BCUT2D eigenvalue weighted by Gasteiger charge is 2.12. The molecule has 88 valence electrons. The van der Waals surface area contributed by atoms with Gasteiger partial charge in [-0.05, 0) is 25.1 Å². The molecular formula is C11H10FN3O2. The molecule has 0 aliphatic rings. The van der Waals surface area contributed by atoms with Gasteiger partial charge in [-0.1, -0.05) is 5.16 Å². The Balaban J connectivity index is 2.22. The van der Waals surface area contributed by atoms with E-state index in [1.165, 1.54) is 12.1 Å². The van der Waals surface area contributed by atoms with Crippen molar-refractivity contribution in [3.05, 3.63) is 41.4 Å². The molecule has 0 atom stereocenters. The van der Waals surface area contributed by atoms with Crippen molar-refractivity contribution in [1.29, 1.82) is 0 Å². The molecule has 0 saturated carbocycles. The van der Waals surface area contributed by atoms with Gasteiger partial charge in [-0.2, -0.15) is 0 Å². The maximum Gasteiger partial charge on any atom is 0.259 e. The molecule has 5 nitrogen and oxygen atoms in total. The molecule has 0 unspecified atom stereocenters. The summed E-state index contributed by atoms with van der Waals surface area (Å²) in [5, 5.41) is 6.05. The van der Waals surface area contributed by atoms with Gasteiger partial charge in [0.15, 0.2) is 5.82 Å². The molecule has 1 amide bonds. The van der Waals surface area contributed by atoms with Crippen LogP contribution in [0.1, 0.15) is 16.1 Å². The van der Waals surface area contributed by atoms with E-state index in [2.05, 4.69) is 10.5 Å². The van der Waals surface area contributed by atoms with Gasteiger partial charge in [0.05, 0.1) is 5.56 Å². The zero-order valence-corrected chi connectivity index (χ0v) is 9.03. The number of hydrogen-bond donors (Lipinski definition) is 2. The van der Waals surface area contributed by atoms with Gasteiger partial charge in [0.2, 0.25) is 0 Å². The quantitative estimate of drug-likeness (QED) is 0.779. The number of amides is 1. The van der Waals surface area contributed by atoms with E-state index in [4.69, 9.17) is 10.3 Å². The Kier molecular flexibility index (Phi) is 2.78. The highest BCUT2D eigenvalue weighted by atomic mass is 19.1. The first-order valence-electron chi connectivity index (χ1n) is 4.86. The zero-order chi connectivity index (χ0) is 12.4. The highest BCUT2D eigenvalue weighted by Crippen LogP contribution is 2.16. The van der Waals surface area contributed by atoms with E-state index < -0.39 is 11.7 Å². The third-order valence-electron chi connectivity index (χ3n) is 2.13. The van der Waals surface area contributed by atoms with Crippen LogP contribution in [0.15, 0.2) is 28.8 Å². The van der Waals surface area contributed by atoms with Gasteiger partial charge in [0.25, 0.3) is 5.91 Å². The number of nitrogens with zero attached hydrogens (tertiary/aromatic N) is 1. The number of carbonyl (C=O) groups excluding carboxylic acids is 1. The van der Waals surface area contributed by atoms with Gasteiger partial charge in [-0.25, -0.2) is 4.39 Å². The van der Waals surface area contributed by atoms with Crippen LogP contribution in [0.4, 0.5) is 15.9 Å². The number of anilines is 2. The second-order valence-electron chi connectivity index (χ2n) is 3.51. The van der Waals surface area contributed by atoms with E-state index >= 15 is 0 Å². The first-order valence-corrected chi connectivity index (χ1v) is 4.86. The predicted molar refractivity (Wildman–Crippen MR) is 60.0 cm³/mol. The average molecular weight is 235 g/mol. The molecule has 1 heterocycles. The van der Waals surface area contributed by atoms with Crippen LogP contribution >= 0.6 is 0 Å². The van der Waals surface area contributed by atoms with Crippen LogP contribution in [0.3, 0.4) is 0 Å². The summed E-state index contributed by atoms with van der Waals surface area (Å²) >= 11 is 0. The van der Waals surface area contributed by atoms with Crippen LogP contribution in [-0.4, -0.2) is 11.1 Å². The van der Waals surface area contributed by atoms with Crippen molar-refractivity contribution in [3.63, 3.8) is 0 Å². The molecule has 6 heteroatoms. The Bertz CT molecular complexity index is 566. The Morgan fingerprint density at radius 2 is 2.24 bits per heavy atom. The largest absolute Gasteiger partial charge is 0.398 e. The molecule has 0 spiro atoms. The predicted octanol–water partition coefficient (Wildman–Crippen LogP) is 1.96. The number of aromatic nitrogens is 1. The molecule has 2 rings (SSSR count). The van der Waals surface area contributed by atoms with Crippen LogP contribution < -0.4 is 11.1 Å². The van der Waals surface area contributed by atoms with Crippen LogP contribution in [0, 0.1) is 12.7 Å². The van der Waals surface area contributed by atoms with Crippen molar-refractivity contribution >= 4 is 17.4 Å². The number of aryl methyl sites for hydroxylation is 1. The molecule has 0 aliphatic carbocycles. The smallest absolute Gasteiger partial charge is 0.259 e. The fraction of sp³-hybridized carbons (Fsp3) is 0.0909. The first kappa shape index (κ1) is 11.1. The van der Waals surface area contributed by atoms with E-state index in [9.17, 15) is 9.18 Å². The topological polar surface area (TPSA) is 81.2 Å². The lowest BCUT2D eigenvalue weighted by atomic mass is 10.1. The molecule has 0 fully saturated rings. The van der Waals surface area contributed by atoms with Crippen LogP contribution in [0.2, 0.25) is 0 Å². The Labute approximate surface area is 96.4 Å². The highest BCUT2D eigenvalue weighted by molar-refractivity contribution is 6.07. The summed E-state index contributed by atoms with van der Waals surface area (Å²) in [5.74, 6) is -0.236. The third kappa shape index (κ3) is 2.41. The molecule has 17 heavy (non-hydrogen) atoms. The van der Waals surface area contributed by atoms with Crippen molar-refractivity contribution in [3.8, 4) is 0 Å². The van der Waals surface area contributed by atoms with Gasteiger partial charge >= 0.3 is 0 Å². The number of nitrogen functional groups attached to an aromatic ring is 1. The number of rotatable bonds is 2. The van der Waals surface area contributed by atoms with Crippen molar-refractivity contribution in [2.45, 2.75) is 6.92 Å². The average Bonchev–Trinajstić information content (AvgIpc) is 2.67. The molecule has 2 aromatic rings. The summed E-state index contributed by atoms with van der Waals surface area (Å²) in [7, 11) is 0. The normalized spacial score (nSPS) is 10.2. The van der Waals surface area contributed by atoms with Crippen LogP contribution in [-0.2, 0) is 0 Å². The summed E-state index contributed by atoms with van der Waals surface area (Å²) < 4.78 is 17.8. The van der Waals surface area contributed by atoms with E-state index in [1.807, 2.05) is 0 Å². The molecule has 0 aliphatic heterocycles. The number of benzene rings is 1. The molecular weight excluding hydrogens is 225 g/mol. The lowest BCUT2D eigenvalue weighted by Gasteiger charge is -2.04. The third-order valence-corrected chi connectivity index (χ3v) is 2.13. The molecule has 0 radical (unpaired) electrons.